The lowest BCUT2D eigenvalue weighted by molar-refractivity contribution is 1.30. The summed E-state index contributed by atoms with van der Waals surface area (Å²) in [5, 5.41) is 4.38. The molecule has 0 amide bonds. The monoisotopic (exact) mass is 330 g/mol. The number of para-hydroxylation sites is 1. The summed E-state index contributed by atoms with van der Waals surface area (Å²) < 4.78 is 1.18. The molecule has 0 aliphatic rings. The third kappa shape index (κ3) is 3.16. The Morgan fingerprint density at radius 1 is 0.917 bits per heavy atom. The van der Waals surface area contributed by atoms with Crippen molar-refractivity contribution in [2.24, 2.45) is 0 Å². The van der Waals surface area contributed by atoms with Gasteiger partial charge in [0.25, 0.3) is 0 Å². The van der Waals surface area contributed by atoms with Crippen molar-refractivity contribution in [2.75, 3.05) is 5.32 Å². The first kappa shape index (κ1) is 14.5. The second-order valence-corrected chi connectivity index (χ2v) is 6.24. The van der Waals surface area contributed by atoms with Gasteiger partial charge in [-0.25, -0.2) is 4.98 Å². The maximum atomic E-state index is 4.69. The van der Waals surface area contributed by atoms with Crippen molar-refractivity contribution < 1.29 is 0 Å². The van der Waals surface area contributed by atoms with E-state index in [-0.39, 0.29) is 0 Å². The van der Waals surface area contributed by atoms with Gasteiger partial charge in [0, 0.05) is 29.9 Å². The lowest BCUT2D eigenvalue weighted by atomic mass is 10.2. The Labute approximate surface area is 143 Å². The van der Waals surface area contributed by atoms with Gasteiger partial charge >= 0.3 is 0 Å². The van der Waals surface area contributed by atoms with E-state index < -0.39 is 0 Å². The predicted molar refractivity (Wildman–Crippen MR) is 99.6 cm³/mol. The van der Waals surface area contributed by atoms with Crippen LogP contribution in [0.25, 0.3) is 22.0 Å². The SMILES string of the molecule is C(=C(/Nc1cccnc1)c1ccncc1)/c1nc2ccccc2s1. The molecule has 4 aromatic rings. The van der Waals surface area contributed by atoms with Crippen LogP contribution >= 0.6 is 11.3 Å². The first-order chi connectivity index (χ1) is 11.9. The van der Waals surface area contributed by atoms with Gasteiger partial charge in [0.15, 0.2) is 0 Å². The van der Waals surface area contributed by atoms with Crippen LogP contribution in [0.3, 0.4) is 0 Å². The van der Waals surface area contributed by atoms with E-state index in [1.54, 1.807) is 36.1 Å². The highest BCUT2D eigenvalue weighted by Gasteiger charge is 2.06. The average Bonchev–Trinajstić information content (AvgIpc) is 3.05. The van der Waals surface area contributed by atoms with Crippen LogP contribution in [0.4, 0.5) is 5.69 Å². The lowest BCUT2D eigenvalue weighted by Gasteiger charge is -2.10. The molecule has 3 heterocycles. The maximum Gasteiger partial charge on any atom is 0.119 e. The quantitative estimate of drug-likeness (QED) is 0.589. The Morgan fingerprint density at radius 2 is 1.79 bits per heavy atom. The Morgan fingerprint density at radius 3 is 2.58 bits per heavy atom. The Hall–Kier alpha value is -3.05. The van der Waals surface area contributed by atoms with E-state index in [4.69, 9.17) is 4.98 Å². The molecule has 1 aromatic carbocycles. The zero-order valence-electron chi connectivity index (χ0n) is 12.8. The molecule has 1 N–H and O–H groups in total. The highest BCUT2D eigenvalue weighted by molar-refractivity contribution is 7.19. The van der Waals surface area contributed by atoms with Crippen molar-refractivity contribution in [1.82, 2.24) is 15.0 Å². The summed E-state index contributed by atoms with van der Waals surface area (Å²) in [5.41, 5.74) is 3.96. The summed E-state index contributed by atoms with van der Waals surface area (Å²) in [6, 6.07) is 16.0. The van der Waals surface area contributed by atoms with E-state index in [9.17, 15) is 0 Å². The third-order valence-corrected chi connectivity index (χ3v) is 4.49. The summed E-state index contributed by atoms with van der Waals surface area (Å²) >= 11 is 1.67. The third-order valence-electron chi connectivity index (χ3n) is 3.51. The summed E-state index contributed by atoms with van der Waals surface area (Å²) in [4.78, 5) is 12.9. The lowest BCUT2D eigenvalue weighted by Crippen LogP contribution is -1.99. The number of fused-ring (bicyclic) bond motifs is 1. The van der Waals surface area contributed by atoms with Crippen LogP contribution in [-0.2, 0) is 0 Å². The van der Waals surface area contributed by atoms with E-state index in [1.165, 1.54) is 4.70 Å². The molecule has 0 bridgehead atoms. The minimum atomic E-state index is 0.932. The van der Waals surface area contributed by atoms with E-state index in [0.29, 0.717) is 0 Å². The van der Waals surface area contributed by atoms with Crippen molar-refractivity contribution in [3.8, 4) is 0 Å². The molecule has 0 radical (unpaired) electrons. The summed E-state index contributed by atoms with van der Waals surface area (Å²) in [7, 11) is 0. The highest BCUT2D eigenvalue weighted by Crippen LogP contribution is 2.26. The van der Waals surface area contributed by atoms with Crippen molar-refractivity contribution in [2.45, 2.75) is 0 Å². The van der Waals surface area contributed by atoms with Gasteiger partial charge in [-0.15, -0.1) is 11.3 Å². The van der Waals surface area contributed by atoms with Gasteiger partial charge in [-0.2, -0.15) is 0 Å². The molecular formula is C19H14N4S. The van der Waals surface area contributed by atoms with Crippen LogP contribution in [0.5, 0.6) is 0 Å². The minimum Gasteiger partial charge on any atom is -0.354 e. The molecule has 0 aliphatic heterocycles. The van der Waals surface area contributed by atoms with Gasteiger partial charge in [0.1, 0.15) is 5.01 Å². The molecule has 0 atom stereocenters. The molecular weight excluding hydrogens is 316 g/mol. The molecule has 0 fully saturated rings. The molecule has 3 aromatic heterocycles. The van der Waals surface area contributed by atoms with Crippen molar-refractivity contribution >= 4 is 39.0 Å². The standard InChI is InChI=1S/C19H14N4S/c1-2-6-18-16(5-1)23-19(24-18)12-17(14-7-10-20-11-8-14)22-15-4-3-9-21-13-15/h1-13,22H/b17-12-. The Bertz CT molecular complexity index is 945. The van der Waals surface area contributed by atoms with Crippen LogP contribution < -0.4 is 5.32 Å². The fraction of sp³-hybridized carbons (Fsp3) is 0. The Balaban J connectivity index is 1.76. The zero-order valence-corrected chi connectivity index (χ0v) is 13.6. The van der Waals surface area contributed by atoms with Crippen LogP contribution in [-0.4, -0.2) is 15.0 Å². The van der Waals surface area contributed by atoms with E-state index >= 15 is 0 Å². The topological polar surface area (TPSA) is 50.7 Å². The molecule has 24 heavy (non-hydrogen) atoms. The number of pyridine rings is 2. The number of hydrogen-bond acceptors (Lipinski definition) is 5. The van der Waals surface area contributed by atoms with E-state index in [2.05, 4.69) is 27.4 Å². The second-order valence-electron chi connectivity index (χ2n) is 5.18. The van der Waals surface area contributed by atoms with Gasteiger partial charge in [0.05, 0.1) is 22.1 Å². The number of hydrogen-bond donors (Lipinski definition) is 1. The average molecular weight is 330 g/mol. The van der Waals surface area contributed by atoms with Crippen LogP contribution in [0.1, 0.15) is 10.6 Å². The van der Waals surface area contributed by atoms with E-state index in [1.807, 2.05) is 42.5 Å². The van der Waals surface area contributed by atoms with Crippen molar-refractivity contribution in [3.63, 3.8) is 0 Å². The molecule has 0 unspecified atom stereocenters. The van der Waals surface area contributed by atoms with Crippen LogP contribution in [0.2, 0.25) is 0 Å². The number of nitrogens with one attached hydrogen (secondary N) is 1. The first-order valence-electron chi connectivity index (χ1n) is 7.53. The molecule has 0 saturated carbocycles. The molecule has 0 aliphatic carbocycles. The minimum absolute atomic E-state index is 0.932. The van der Waals surface area contributed by atoms with Gasteiger partial charge in [-0.1, -0.05) is 12.1 Å². The summed E-state index contributed by atoms with van der Waals surface area (Å²) in [5.74, 6) is 0. The largest absolute Gasteiger partial charge is 0.354 e. The second kappa shape index (κ2) is 6.60. The summed E-state index contributed by atoms with van der Waals surface area (Å²) in [6.45, 7) is 0. The normalized spacial score (nSPS) is 11.6. The van der Waals surface area contributed by atoms with Gasteiger partial charge in [0.2, 0.25) is 0 Å². The number of thiazole rings is 1. The predicted octanol–water partition coefficient (Wildman–Crippen LogP) is 4.70. The van der Waals surface area contributed by atoms with E-state index in [0.717, 1.165) is 27.5 Å². The number of benzene rings is 1. The zero-order chi connectivity index (χ0) is 16.2. The molecule has 0 spiro atoms. The molecule has 116 valence electrons. The molecule has 0 saturated heterocycles. The fourth-order valence-corrected chi connectivity index (χ4v) is 3.30. The molecule has 4 rings (SSSR count). The number of nitrogens with zero attached hydrogens (tertiary/aromatic N) is 3. The van der Waals surface area contributed by atoms with Gasteiger partial charge in [-0.05, 0) is 42.5 Å². The summed E-state index contributed by atoms with van der Waals surface area (Å²) in [6.07, 6.45) is 9.19. The van der Waals surface area contributed by atoms with Crippen molar-refractivity contribution in [1.29, 1.82) is 0 Å². The van der Waals surface area contributed by atoms with Crippen LogP contribution in [0.15, 0.2) is 73.3 Å². The Kier molecular flexibility index (Phi) is 4.00. The van der Waals surface area contributed by atoms with Crippen LogP contribution in [0, 0.1) is 0 Å². The highest BCUT2D eigenvalue weighted by atomic mass is 32.1. The van der Waals surface area contributed by atoms with Gasteiger partial charge < -0.3 is 5.32 Å². The number of aromatic nitrogens is 3. The fourth-order valence-electron chi connectivity index (χ4n) is 2.39. The molecule has 5 heteroatoms. The number of rotatable bonds is 4. The number of anilines is 1. The van der Waals surface area contributed by atoms with Gasteiger partial charge in [-0.3, -0.25) is 9.97 Å². The van der Waals surface area contributed by atoms with Crippen molar-refractivity contribution in [3.05, 3.63) is 83.9 Å². The maximum absolute atomic E-state index is 4.69. The first-order valence-corrected chi connectivity index (χ1v) is 8.35. The smallest absolute Gasteiger partial charge is 0.119 e. The molecule has 4 nitrogen and oxygen atoms in total.